The Balaban J connectivity index is 1.74. The fourth-order valence-electron chi connectivity index (χ4n) is 6.02. The first kappa shape index (κ1) is 28.0. The minimum atomic E-state index is -1.17. The molecule has 4 rings (SSSR count). The van der Waals surface area contributed by atoms with Crippen molar-refractivity contribution in [2.24, 2.45) is 30.7 Å². The highest BCUT2D eigenvalue weighted by Crippen LogP contribution is 2.49. The molecule has 8 heteroatoms. The Morgan fingerprint density at radius 1 is 1.34 bits per heavy atom. The molecular formula is C30H41N3O5. The van der Waals surface area contributed by atoms with Crippen LogP contribution in [0, 0.1) is 23.7 Å². The lowest BCUT2D eigenvalue weighted by atomic mass is 9.65. The van der Waals surface area contributed by atoms with E-state index in [0.29, 0.717) is 30.5 Å². The van der Waals surface area contributed by atoms with Gasteiger partial charge in [0.25, 0.3) is 0 Å². The van der Waals surface area contributed by atoms with E-state index < -0.39 is 23.5 Å². The summed E-state index contributed by atoms with van der Waals surface area (Å²) < 4.78 is 20.7. The summed E-state index contributed by atoms with van der Waals surface area (Å²) in [6.45, 7) is 10.4. The van der Waals surface area contributed by atoms with Crippen LogP contribution in [0.2, 0.25) is 0 Å². The molecule has 0 radical (unpaired) electrons. The molecule has 0 aromatic carbocycles. The summed E-state index contributed by atoms with van der Waals surface area (Å²) in [4.78, 5) is 29.2. The van der Waals surface area contributed by atoms with Gasteiger partial charge < -0.3 is 24.1 Å². The van der Waals surface area contributed by atoms with Gasteiger partial charge in [0.1, 0.15) is 11.7 Å². The summed E-state index contributed by atoms with van der Waals surface area (Å²) in [5.41, 5.74) is 1.88. The van der Waals surface area contributed by atoms with E-state index in [0.717, 1.165) is 12.0 Å². The van der Waals surface area contributed by atoms with Crippen LogP contribution in [0.25, 0.3) is 6.08 Å². The molecule has 2 aliphatic heterocycles. The average Bonchev–Trinajstić information content (AvgIpc) is 3.45. The zero-order valence-electron chi connectivity index (χ0n) is 23.6. The first-order valence-corrected chi connectivity index (χ1v) is 13.4. The lowest BCUT2D eigenvalue weighted by molar-refractivity contribution is -0.226. The zero-order chi connectivity index (χ0) is 27.7. The summed E-state index contributed by atoms with van der Waals surface area (Å²) in [7, 11) is 3.48. The van der Waals surface area contributed by atoms with Crippen LogP contribution in [0.5, 0.6) is 0 Å². The smallest absolute Gasteiger partial charge is 0.331 e. The minimum Gasteiger partial charge on any atom is -0.456 e. The SMILES string of the molecule is CO[C@]12C=C[C@](C)(O1)[C@@H](OC(=O)/C=C/c1cn(C)cn1)C[C@H]1C(C)=CC[C@H](C(C)C)[C@H]1/C=C\2CNC(C)=O. The summed E-state index contributed by atoms with van der Waals surface area (Å²) in [6.07, 6.45) is 16.0. The number of aromatic nitrogens is 2. The maximum absolute atomic E-state index is 13.1. The number of carbonyl (C=O) groups is 2. The highest BCUT2D eigenvalue weighted by Gasteiger charge is 2.53. The molecule has 3 heterocycles. The third-order valence-corrected chi connectivity index (χ3v) is 8.27. The molecule has 8 nitrogen and oxygen atoms in total. The number of carbonyl (C=O) groups excluding carboxylic acids is 2. The van der Waals surface area contributed by atoms with Crippen LogP contribution < -0.4 is 5.32 Å². The largest absolute Gasteiger partial charge is 0.456 e. The van der Waals surface area contributed by atoms with Gasteiger partial charge in [-0.1, -0.05) is 31.6 Å². The molecule has 206 valence electrons. The van der Waals surface area contributed by atoms with Gasteiger partial charge in [-0.3, -0.25) is 4.79 Å². The Bertz CT molecular complexity index is 1180. The predicted molar refractivity (Wildman–Crippen MR) is 146 cm³/mol. The molecule has 0 fully saturated rings. The number of ether oxygens (including phenoxy) is 3. The summed E-state index contributed by atoms with van der Waals surface area (Å²) in [5, 5.41) is 2.95. The average molecular weight is 524 g/mol. The number of aryl methyl sites for hydroxylation is 1. The van der Waals surface area contributed by atoms with E-state index in [-0.39, 0.29) is 17.7 Å². The van der Waals surface area contributed by atoms with Gasteiger partial charge in [-0.25, -0.2) is 9.78 Å². The minimum absolute atomic E-state index is 0.120. The number of esters is 1. The molecule has 1 aromatic rings. The maximum Gasteiger partial charge on any atom is 0.331 e. The van der Waals surface area contributed by atoms with Gasteiger partial charge in [-0.05, 0) is 68.6 Å². The van der Waals surface area contributed by atoms with E-state index in [1.54, 1.807) is 19.5 Å². The van der Waals surface area contributed by atoms with Crippen molar-refractivity contribution in [2.75, 3.05) is 13.7 Å². The van der Waals surface area contributed by atoms with E-state index in [4.69, 9.17) is 14.2 Å². The molecule has 0 saturated carbocycles. The molecule has 1 N–H and O–H groups in total. The summed E-state index contributed by atoms with van der Waals surface area (Å²) >= 11 is 0. The van der Waals surface area contributed by atoms with Gasteiger partial charge >= 0.3 is 5.97 Å². The number of hydrogen-bond acceptors (Lipinski definition) is 6. The Labute approximate surface area is 225 Å². The van der Waals surface area contributed by atoms with E-state index >= 15 is 0 Å². The molecule has 3 aliphatic rings. The van der Waals surface area contributed by atoms with Crippen molar-refractivity contribution in [3.8, 4) is 0 Å². The monoisotopic (exact) mass is 523 g/mol. The quantitative estimate of drug-likeness (QED) is 0.325. The Hall–Kier alpha value is -2.97. The molecule has 1 amide bonds. The number of allylic oxidation sites excluding steroid dienone is 3. The fourth-order valence-corrected chi connectivity index (χ4v) is 6.02. The van der Waals surface area contributed by atoms with E-state index in [1.165, 1.54) is 18.6 Å². The molecular weight excluding hydrogens is 482 g/mol. The van der Waals surface area contributed by atoms with Crippen LogP contribution >= 0.6 is 0 Å². The van der Waals surface area contributed by atoms with Crippen molar-refractivity contribution in [1.82, 2.24) is 14.9 Å². The molecule has 0 spiro atoms. The van der Waals surface area contributed by atoms with Crippen LogP contribution in [-0.4, -0.2) is 52.6 Å². The maximum atomic E-state index is 13.1. The Morgan fingerprint density at radius 2 is 2.11 bits per heavy atom. The number of amides is 1. The lowest BCUT2D eigenvalue weighted by Crippen LogP contribution is -2.48. The van der Waals surface area contributed by atoms with Crippen molar-refractivity contribution in [2.45, 2.75) is 65.0 Å². The molecule has 38 heavy (non-hydrogen) atoms. The van der Waals surface area contributed by atoms with Crippen molar-refractivity contribution in [3.63, 3.8) is 0 Å². The van der Waals surface area contributed by atoms with Gasteiger partial charge in [0.2, 0.25) is 11.7 Å². The summed E-state index contributed by atoms with van der Waals surface area (Å²) in [5.74, 6) is -0.602. The Kier molecular flexibility index (Phi) is 8.14. The van der Waals surface area contributed by atoms with Crippen molar-refractivity contribution < 1.29 is 23.8 Å². The first-order valence-electron chi connectivity index (χ1n) is 13.4. The lowest BCUT2D eigenvalue weighted by Gasteiger charge is -2.41. The van der Waals surface area contributed by atoms with Gasteiger partial charge in [0.15, 0.2) is 0 Å². The number of nitrogens with one attached hydrogen (secondary N) is 1. The second kappa shape index (κ2) is 11.0. The van der Waals surface area contributed by atoms with Gasteiger partial charge in [-0.15, -0.1) is 0 Å². The molecule has 0 saturated heterocycles. The van der Waals surface area contributed by atoms with Crippen LogP contribution in [0.15, 0.2) is 54.1 Å². The normalized spacial score (nSPS) is 34.1. The van der Waals surface area contributed by atoms with Gasteiger partial charge in [0.05, 0.1) is 12.0 Å². The number of rotatable bonds is 7. The van der Waals surface area contributed by atoms with Gasteiger partial charge in [-0.2, -0.15) is 0 Å². The number of nitrogens with zero attached hydrogens (tertiary/aromatic N) is 2. The number of hydrogen-bond donors (Lipinski definition) is 1. The third kappa shape index (κ3) is 5.71. The van der Waals surface area contributed by atoms with E-state index in [9.17, 15) is 9.59 Å². The van der Waals surface area contributed by atoms with Crippen LogP contribution in [0.3, 0.4) is 0 Å². The van der Waals surface area contributed by atoms with Crippen LogP contribution in [-0.2, 0) is 30.8 Å². The fraction of sp³-hybridized carbons (Fsp3) is 0.567. The molecule has 1 aromatic heterocycles. The van der Waals surface area contributed by atoms with E-state index in [2.05, 4.69) is 43.2 Å². The van der Waals surface area contributed by atoms with Gasteiger partial charge in [0, 0.05) is 45.5 Å². The number of methoxy groups -OCH3 is 1. The number of imidazole rings is 1. The topological polar surface area (TPSA) is 91.7 Å². The molecule has 2 bridgehead atoms. The first-order chi connectivity index (χ1) is 18.0. The molecule has 0 unspecified atom stereocenters. The van der Waals surface area contributed by atoms with Crippen molar-refractivity contribution >= 4 is 18.0 Å². The second-order valence-corrected chi connectivity index (χ2v) is 11.3. The number of fused-ring (bicyclic) bond motifs is 3. The standard InChI is InChI=1S/C30H41N3O5/c1-19(2)24-10-8-20(3)25-15-27(37-28(35)11-9-23-17-33(6)18-32-23)29(5)12-13-30(36-7,38-29)22(14-26(24)25)16-31-21(4)34/h8-9,11-14,17-19,24-27H,10,15-16H2,1-7H3,(H,31,34)/b11-9+,22-14-/t24-,25+,26-,27+,29+,30-/m1/s1. The highest BCUT2D eigenvalue weighted by molar-refractivity contribution is 5.86. The van der Waals surface area contributed by atoms with Crippen molar-refractivity contribution in [3.05, 3.63) is 59.7 Å². The van der Waals surface area contributed by atoms with E-state index in [1.807, 2.05) is 36.9 Å². The molecule has 1 aliphatic carbocycles. The predicted octanol–water partition coefficient (Wildman–Crippen LogP) is 4.35. The Morgan fingerprint density at radius 3 is 2.74 bits per heavy atom. The highest BCUT2D eigenvalue weighted by atomic mass is 16.7. The van der Waals surface area contributed by atoms with Crippen molar-refractivity contribution in [1.29, 1.82) is 0 Å². The van der Waals surface area contributed by atoms with Crippen LogP contribution in [0.1, 0.15) is 53.2 Å². The van der Waals surface area contributed by atoms with Crippen LogP contribution in [0.4, 0.5) is 0 Å². The summed E-state index contributed by atoms with van der Waals surface area (Å²) in [6, 6.07) is 0. The molecule has 6 atom stereocenters. The third-order valence-electron chi connectivity index (χ3n) is 8.27. The second-order valence-electron chi connectivity index (χ2n) is 11.3. The zero-order valence-corrected chi connectivity index (χ0v) is 23.6.